The molecule has 1 saturated carbocycles. The minimum atomic E-state index is 0.931. The first-order chi connectivity index (χ1) is 3.93. The van der Waals surface area contributed by atoms with Crippen molar-refractivity contribution in [1.29, 1.82) is 0 Å². The molecule has 1 rings (SSSR count). The summed E-state index contributed by atoms with van der Waals surface area (Å²) < 4.78 is 0. The van der Waals surface area contributed by atoms with Crippen LogP contribution < -0.4 is 0 Å². The Morgan fingerprint density at radius 3 is 3.12 bits per heavy atom. The van der Waals surface area contributed by atoms with Gasteiger partial charge in [0.1, 0.15) is 0 Å². The highest BCUT2D eigenvalue weighted by atomic mass is 14.2. The second-order valence-electron chi connectivity index (χ2n) is 2.57. The second kappa shape index (κ2) is 3.11. The molecule has 46 valence electrons. The fourth-order valence-electron chi connectivity index (χ4n) is 1.37. The molecule has 0 aromatic carbocycles. The number of hydrogen-bond acceptors (Lipinski definition) is 0. The van der Waals surface area contributed by atoms with Crippen molar-refractivity contribution in [2.45, 2.75) is 32.6 Å². The standard InChI is InChI=1S/C8H14/c1-2-5-8-6-3-4-7-8/h2,6,8H,3-5,7H2,1H3. The summed E-state index contributed by atoms with van der Waals surface area (Å²) in [7, 11) is 0. The van der Waals surface area contributed by atoms with E-state index in [2.05, 4.69) is 19.8 Å². The lowest BCUT2D eigenvalue weighted by Crippen LogP contribution is -1.91. The number of hydrogen-bond donors (Lipinski definition) is 0. The van der Waals surface area contributed by atoms with Gasteiger partial charge in [-0.1, -0.05) is 19.8 Å². The van der Waals surface area contributed by atoms with Crippen LogP contribution in [0.4, 0.5) is 0 Å². The summed E-state index contributed by atoms with van der Waals surface area (Å²) in [5.74, 6) is 0.931. The molecule has 0 aliphatic heterocycles. The predicted molar refractivity (Wildman–Crippen MR) is 36.2 cm³/mol. The molecule has 0 heteroatoms. The lowest BCUT2D eigenvalue weighted by Gasteiger charge is -2.02. The van der Waals surface area contributed by atoms with Gasteiger partial charge in [0.25, 0.3) is 0 Å². The summed E-state index contributed by atoms with van der Waals surface area (Å²) in [6.07, 6.45) is 10.3. The zero-order valence-corrected chi connectivity index (χ0v) is 5.56. The lowest BCUT2D eigenvalue weighted by molar-refractivity contribution is 0.613. The van der Waals surface area contributed by atoms with Crippen LogP contribution in [0.1, 0.15) is 32.6 Å². The predicted octanol–water partition coefficient (Wildman–Crippen LogP) is 2.61. The van der Waals surface area contributed by atoms with E-state index in [0.29, 0.717) is 0 Å². The van der Waals surface area contributed by atoms with Gasteiger partial charge in [-0.2, -0.15) is 0 Å². The third-order valence-corrected chi connectivity index (χ3v) is 1.82. The molecule has 2 radical (unpaired) electrons. The van der Waals surface area contributed by atoms with Gasteiger partial charge in [0.2, 0.25) is 0 Å². The van der Waals surface area contributed by atoms with Crippen LogP contribution in [0.15, 0.2) is 0 Å². The van der Waals surface area contributed by atoms with Gasteiger partial charge in [-0.15, -0.1) is 0 Å². The lowest BCUT2D eigenvalue weighted by atomic mass is 10.0. The molecule has 8 heavy (non-hydrogen) atoms. The highest BCUT2D eigenvalue weighted by molar-refractivity contribution is 4.85. The maximum Gasteiger partial charge on any atom is -0.0355 e. The first-order valence-corrected chi connectivity index (χ1v) is 3.54. The van der Waals surface area contributed by atoms with E-state index in [1.54, 1.807) is 0 Å². The van der Waals surface area contributed by atoms with Crippen LogP contribution in [-0.4, -0.2) is 0 Å². The van der Waals surface area contributed by atoms with E-state index in [1.807, 2.05) is 0 Å². The molecule has 0 amide bonds. The van der Waals surface area contributed by atoms with Crippen LogP contribution in [-0.2, 0) is 0 Å². The normalized spacial score (nSPS) is 22.1. The van der Waals surface area contributed by atoms with Crippen LogP contribution in [0.3, 0.4) is 0 Å². The average Bonchev–Trinajstić information content (AvgIpc) is 2.19. The summed E-state index contributed by atoms with van der Waals surface area (Å²) in [5, 5.41) is 0. The first-order valence-electron chi connectivity index (χ1n) is 3.54. The molecule has 0 saturated heterocycles. The van der Waals surface area contributed by atoms with Crippen LogP contribution in [0.5, 0.6) is 0 Å². The monoisotopic (exact) mass is 110 g/mol. The summed E-state index contributed by atoms with van der Waals surface area (Å²) in [6.45, 7) is 2.14. The third kappa shape index (κ3) is 1.50. The fraction of sp³-hybridized carbons (Fsp3) is 0.750. The molecule has 1 atom stereocenters. The van der Waals surface area contributed by atoms with Crippen molar-refractivity contribution < 1.29 is 0 Å². The van der Waals surface area contributed by atoms with Crippen molar-refractivity contribution >= 4 is 0 Å². The van der Waals surface area contributed by atoms with Gasteiger partial charge >= 0.3 is 0 Å². The van der Waals surface area contributed by atoms with Crippen molar-refractivity contribution in [3.05, 3.63) is 12.8 Å². The number of rotatable bonds is 2. The van der Waals surface area contributed by atoms with Gasteiger partial charge in [0.15, 0.2) is 0 Å². The van der Waals surface area contributed by atoms with E-state index in [0.717, 1.165) is 5.92 Å². The Morgan fingerprint density at radius 1 is 1.75 bits per heavy atom. The molecular formula is C8H14. The Balaban J connectivity index is 2.06. The van der Waals surface area contributed by atoms with Gasteiger partial charge in [0.05, 0.1) is 0 Å². The van der Waals surface area contributed by atoms with Crippen molar-refractivity contribution in [3.8, 4) is 0 Å². The van der Waals surface area contributed by atoms with Crippen molar-refractivity contribution in [1.82, 2.24) is 0 Å². The molecule has 0 aromatic heterocycles. The Morgan fingerprint density at radius 2 is 2.62 bits per heavy atom. The summed E-state index contributed by atoms with van der Waals surface area (Å²) in [4.78, 5) is 0. The zero-order chi connectivity index (χ0) is 5.82. The molecule has 1 aliphatic carbocycles. The van der Waals surface area contributed by atoms with Crippen LogP contribution >= 0.6 is 0 Å². The molecule has 0 N–H and O–H groups in total. The maximum absolute atomic E-state index is 2.46. The minimum absolute atomic E-state index is 0.931. The summed E-state index contributed by atoms with van der Waals surface area (Å²) in [5.41, 5.74) is 0. The van der Waals surface area contributed by atoms with Gasteiger partial charge in [-0.05, 0) is 31.6 Å². The van der Waals surface area contributed by atoms with Crippen LogP contribution in [0, 0.1) is 18.8 Å². The molecule has 0 nitrogen and oxygen atoms in total. The fourth-order valence-corrected chi connectivity index (χ4v) is 1.37. The molecule has 0 heterocycles. The van der Waals surface area contributed by atoms with Crippen molar-refractivity contribution in [2.75, 3.05) is 0 Å². The summed E-state index contributed by atoms with van der Waals surface area (Å²) in [6, 6.07) is 0. The quantitative estimate of drug-likeness (QED) is 0.512. The van der Waals surface area contributed by atoms with E-state index in [9.17, 15) is 0 Å². The summed E-state index contributed by atoms with van der Waals surface area (Å²) >= 11 is 0. The molecule has 1 aliphatic rings. The largest absolute Gasteiger partial charge is 0.0622 e. The van der Waals surface area contributed by atoms with E-state index in [-0.39, 0.29) is 0 Å². The van der Waals surface area contributed by atoms with Gasteiger partial charge < -0.3 is 0 Å². The Kier molecular flexibility index (Phi) is 2.38. The molecule has 1 unspecified atom stereocenters. The zero-order valence-electron chi connectivity index (χ0n) is 5.56. The second-order valence-corrected chi connectivity index (χ2v) is 2.57. The van der Waals surface area contributed by atoms with Crippen molar-refractivity contribution in [2.24, 2.45) is 5.92 Å². The SMILES string of the molecule is C[CH]CC1[CH]CCC1. The molecular weight excluding hydrogens is 96.1 g/mol. The Hall–Kier alpha value is 0. The Labute approximate surface area is 52.3 Å². The van der Waals surface area contributed by atoms with E-state index < -0.39 is 0 Å². The van der Waals surface area contributed by atoms with Gasteiger partial charge in [-0.25, -0.2) is 0 Å². The first kappa shape index (κ1) is 6.12. The highest BCUT2D eigenvalue weighted by Crippen LogP contribution is 2.26. The van der Waals surface area contributed by atoms with E-state index in [1.165, 1.54) is 25.7 Å². The topological polar surface area (TPSA) is 0 Å². The van der Waals surface area contributed by atoms with E-state index >= 15 is 0 Å². The van der Waals surface area contributed by atoms with Crippen LogP contribution in [0.25, 0.3) is 0 Å². The smallest absolute Gasteiger partial charge is 0.0355 e. The molecule has 0 aromatic rings. The third-order valence-electron chi connectivity index (χ3n) is 1.82. The van der Waals surface area contributed by atoms with Crippen molar-refractivity contribution in [3.63, 3.8) is 0 Å². The maximum atomic E-state index is 2.46. The average molecular weight is 110 g/mol. The minimum Gasteiger partial charge on any atom is -0.0622 e. The highest BCUT2D eigenvalue weighted by Gasteiger charge is 2.12. The van der Waals surface area contributed by atoms with Gasteiger partial charge in [0, 0.05) is 0 Å². The molecule has 0 spiro atoms. The molecule has 0 bridgehead atoms. The van der Waals surface area contributed by atoms with Crippen LogP contribution in [0.2, 0.25) is 0 Å². The molecule has 1 fully saturated rings. The van der Waals surface area contributed by atoms with E-state index in [4.69, 9.17) is 0 Å². The van der Waals surface area contributed by atoms with Gasteiger partial charge in [-0.3, -0.25) is 0 Å². The Bertz CT molecular complexity index is 51.1.